The Hall–Kier alpha value is -2.52. The Labute approximate surface area is 154 Å². The summed E-state index contributed by atoms with van der Waals surface area (Å²) < 4.78 is 0. The Morgan fingerprint density at radius 1 is 0.923 bits per heavy atom. The van der Waals surface area contributed by atoms with Crippen LogP contribution in [0.25, 0.3) is 0 Å². The molecule has 0 saturated heterocycles. The summed E-state index contributed by atoms with van der Waals surface area (Å²) in [5.74, 6) is 0.162. The summed E-state index contributed by atoms with van der Waals surface area (Å²) in [6.07, 6.45) is 5.11. The molecule has 2 nitrogen and oxygen atoms in total. The predicted octanol–water partition coefficient (Wildman–Crippen LogP) is 3.12. The van der Waals surface area contributed by atoms with Gasteiger partial charge in [-0.15, -0.1) is 0 Å². The molecule has 128 valence electrons. The van der Waals surface area contributed by atoms with Crippen molar-refractivity contribution < 1.29 is 4.79 Å². The zero-order valence-electron chi connectivity index (χ0n) is 15.0. The lowest BCUT2D eigenvalue weighted by molar-refractivity contribution is -0.109. The van der Waals surface area contributed by atoms with Crippen LogP contribution >= 0.6 is 0 Å². The molecule has 1 saturated carbocycles. The van der Waals surface area contributed by atoms with Gasteiger partial charge in [-0.1, -0.05) is 72.9 Å². The van der Waals surface area contributed by atoms with Gasteiger partial charge in [0, 0.05) is 29.6 Å². The number of aromatic nitrogens is 1. The average Bonchev–Trinajstić information content (AvgIpc) is 3.37. The SMILES string of the molecule is C[Si]1(C)c2ccccc2C2(c3cnccc31)C(C=O)C2c1ccccc1. The lowest BCUT2D eigenvalue weighted by Gasteiger charge is -2.39. The van der Waals surface area contributed by atoms with Crippen LogP contribution in [0.15, 0.2) is 73.1 Å². The highest BCUT2D eigenvalue weighted by atomic mass is 28.3. The molecule has 1 aliphatic carbocycles. The maximum absolute atomic E-state index is 12.2. The third-order valence-corrected chi connectivity index (χ3v) is 10.1. The molecule has 26 heavy (non-hydrogen) atoms. The Kier molecular flexibility index (Phi) is 3.17. The standard InChI is InChI=1S/C23H21NOSi/c1-26(2)20-11-7-6-10-17(20)23(18-14-24-13-12-21(18)26)19(15-25)22(23)16-8-4-3-5-9-16/h3-15,19,22H,1-2H3. The molecule has 0 amide bonds. The third kappa shape index (κ3) is 1.76. The Morgan fingerprint density at radius 2 is 1.62 bits per heavy atom. The minimum Gasteiger partial charge on any atom is -0.303 e. The number of pyridine rings is 1. The number of hydrogen-bond acceptors (Lipinski definition) is 2. The van der Waals surface area contributed by atoms with Gasteiger partial charge >= 0.3 is 0 Å². The number of nitrogens with zero attached hydrogens (tertiary/aromatic N) is 1. The van der Waals surface area contributed by atoms with E-state index in [0.717, 1.165) is 0 Å². The second-order valence-corrected chi connectivity index (χ2v) is 12.3. The van der Waals surface area contributed by atoms with E-state index >= 15 is 0 Å². The first kappa shape index (κ1) is 15.7. The maximum atomic E-state index is 12.2. The number of benzene rings is 2. The second kappa shape index (κ2) is 5.24. The normalized spacial score (nSPS) is 27.5. The monoisotopic (exact) mass is 355 g/mol. The summed E-state index contributed by atoms with van der Waals surface area (Å²) in [4.78, 5) is 16.7. The highest BCUT2D eigenvalue weighted by Gasteiger charge is 2.70. The molecule has 1 fully saturated rings. The number of carbonyl (C=O) groups excluding carboxylic acids is 1. The summed E-state index contributed by atoms with van der Waals surface area (Å²) in [7, 11) is -1.81. The van der Waals surface area contributed by atoms with Crippen LogP contribution in [-0.2, 0) is 10.2 Å². The van der Waals surface area contributed by atoms with E-state index in [1.54, 1.807) is 0 Å². The number of fused-ring (bicyclic) bond motifs is 4. The highest BCUT2D eigenvalue weighted by Crippen LogP contribution is 2.68. The topological polar surface area (TPSA) is 30.0 Å². The largest absolute Gasteiger partial charge is 0.303 e. The van der Waals surface area contributed by atoms with E-state index in [4.69, 9.17) is 0 Å². The van der Waals surface area contributed by atoms with Crippen LogP contribution in [-0.4, -0.2) is 19.3 Å². The third-order valence-electron chi connectivity index (χ3n) is 6.56. The fourth-order valence-electron chi connectivity index (χ4n) is 5.37. The molecular weight excluding hydrogens is 334 g/mol. The van der Waals surface area contributed by atoms with E-state index < -0.39 is 8.07 Å². The van der Waals surface area contributed by atoms with Crippen LogP contribution in [0.1, 0.15) is 22.6 Å². The molecule has 3 heteroatoms. The van der Waals surface area contributed by atoms with Gasteiger partial charge in [0.05, 0.1) is 0 Å². The van der Waals surface area contributed by atoms with Gasteiger partial charge in [-0.2, -0.15) is 0 Å². The van der Waals surface area contributed by atoms with Crippen molar-refractivity contribution in [1.29, 1.82) is 0 Å². The van der Waals surface area contributed by atoms with Crippen molar-refractivity contribution in [2.75, 3.05) is 0 Å². The van der Waals surface area contributed by atoms with E-state index in [1.165, 1.54) is 33.3 Å². The molecular formula is C23H21NOSi. The molecule has 2 heterocycles. The molecule has 0 radical (unpaired) electrons. The van der Waals surface area contributed by atoms with Crippen molar-refractivity contribution in [3.05, 3.63) is 89.7 Å². The van der Waals surface area contributed by atoms with E-state index in [1.807, 2.05) is 18.5 Å². The highest BCUT2D eigenvalue weighted by molar-refractivity contribution is 7.01. The first-order valence-corrected chi connectivity index (χ1v) is 12.2. The molecule has 1 aliphatic heterocycles. The molecule has 3 unspecified atom stereocenters. The summed E-state index contributed by atoms with van der Waals surface area (Å²) in [6.45, 7) is 4.82. The number of aldehydes is 1. The van der Waals surface area contributed by atoms with E-state index in [0.29, 0.717) is 0 Å². The van der Waals surface area contributed by atoms with Crippen molar-refractivity contribution in [3.8, 4) is 0 Å². The van der Waals surface area contributed by atoms with Crippen molar-refractivity contribution in [3.63, 3.8) is 0 Å². The Morgan fingerprint density at radius 3 is 2.38 bits per heavy atom. The van der Waals surface area contributed by atoms with Crippen LogP contribution in [0.3, 0.4) is 0 Å². The Balaban J connectivity index is 1.85. The molecule has 2 aliphatic rings. The van der Waals surface area contributed by atoms with Crippen LogP contribution in [0.5, 0.6) is 0 Å². The van der Waals surface area contributed by atoms with Crippen molar-refractivity contribution in [1.82, 2.24) is 4.98 Å². The summed E-state index contributed by atoms with van der Waals surface area (Å²) in [6, 6.07) is 21.5. The minimum atomic E-state index is -1.81. The Bertz CT molecular complexity index is 962. The fourth-order valence-corrected chi connectivity index (χ4v) is 8.58. The quantitative estimate of drug-likeness (QED) is 0.522. The average molecular weight is 356 g/mol. The number of carbonyl (C=O) groups is 1. The van der Waals surface area contributed by atoms with Crippen molar-refractivity contribution >= 4 is 24.7 Å². The van der Waals surface area contributed by atoms with E-state index in [9.17, 15) is 4.79 Å². The zero-order chi connectivity index (χ0) is 17.9. The molecule has 1 spiro atoms. The van der Waals surface area contributed by atoms with Gasteiger partial charge in [-0.25, -0.2) is 0 Å². The summed E-state index contributed by atoms with van der Waals surface area (Å²) >= 11 is 0. The van der Waals surface area contributed by atoms with Crippen molar-refractivity contribution in [2.24, 2.45) is 5.92 Å². The second-order valence-electron chi connectivity index (χ2n) is 8.01. The van der Waals surface area contributed by atoms with Gasteiger partial charge in [-0.05, 0) is 27.9 Å². The van der Waals surface area contributed by atoms with Crippen LogP contribution in [0.2, 0.25) is 13.1 Å². The molecule has 2 aromatic carbocycles. The molecule has 0 bridgehead atoms. The van der Waals surface area contributed by atoms with E-state index in [2.05, 4.69) is 72.7 Å². The molecule has 0 N–H and O–H groups in total. The van der Waals surface area contributed by atoms with Gasteiger partial charge in [0.2, 0.25) is 0 Å². The minimum absolute atomic E-state index is 0.0286. The van der Waals surface area contributed by atoms with Gasteiger partial charge in [-0.3, -0.25) is 4.98 Å². The number of hydrogen-bond donors (Lipinski definition) is 0. The van der Waals surface area contributed by atoms with Crippen molar-refractivity contribution in [2.45, 2.75) is 24.4 Å². The predicted molar refractivity (Wildman–Crippen MR) is 107 cm³/mol. The molecule has 5 rings (SSSR count). The number of rotatable bonds is 2. The summed E-state index contributed by atoms with van der Waals surface area (Å²) in [5, 5.41) is 2.89. The molecule has 3 atom stereocenters. The van der Waals surface area contributed by atoms with E-state index in [-0.39, 0.29) is 17.3 Å². The van der Waals surface area contributed by atoms with Crippen LogP contribution < -0.4 is 10.4 Å². The first-order chi connectivity index (χ1) is 12.6. The van der Waals surface area contributed by atoms with Gasteiger partial charge in [0.15, 0.2) is 0 Å². The molecule has 1 aromatic heterocycles. The molecule has 3 aromatic rings. The van der Waals surface area contributed by atoms with Gasteiger partial charge < -0.3 is 4.79 Å². The van der Waals surface area contributed by atoms with Crippen LogP contribution in [0, 0.1) is 5.92 Å². The first-order valence-electron chi connectivity index (χ1n) is 9.18. The zero-order valence-corrected chi connectivity index (χ0v) is 16.0. The van der Waals surface area contributed by atoms with Gasteiger partial charge in [0.25, 0.3) is 0 Å². The summed E-state index contributed by atoms with van der Waals surface area (Å²) in [5.41, 5.74) is 3.62. The lowest BCUT2D eigenvalue weighted by Crippen LogP contribution is -2.61. The lowest BCUT2D eigenvalue weighted by atomic mass is 9.83. The fraction of sp³-hybridized carbons (Fsp3) is 0.217. The smallest absolute Gasteiger partial charge is 0.124 e. The maximum Gasteiger partial charge on any atom is 0.124 e. The van der Waals surface area contributed by atoms with Gasteiger partial charge in [0.1, 0.15) is 14.4 Å². The van der Waals surface area contributed by atoms with Crippen LogP contribution in [0.4, 0.5) is 0 Å².